The molecule has 1 saturated heterocycles. The van der Waals surface area contributed by atoms with E-state index in [0.717, 1.165) is 24.6 Å². The molecule has 0 bridgehead atoms. The fourth-order valence-corrected chi connectivity index (χ4v) is 2.73. The summed E-state index contributed by atoms with van der Waals surface area (Å²) in [6, 6.07) is 4.00. The van der Waals surface area contributed by atoms with E-state index in [1.54, 1.807) is 0 Å². The van der Waals surface area contributed by atoms with Crippen molar-refractivity contribution in [2.45, 2.75) is 38.7 Å². The Morgan fingerprint density at radius 2 is 2.26 bits per heavy atom. The van der Waals surface area contributed by atoms with E-state index in [2.05, 4.69) is 11.9 Å². The van der Waals surface area contributed by atoms with Crippen molar-refractivity contribution in [1.29, 1.82) is 0 Å². The molecule has 1 aliphatic heterocycles. The minimum Gasteiger partial charge on any atom is -0.378 e. The molecule has 1 aliphatic carbocycles. The molecule has 2 heterocycles. The second-order valence-corrected chi connectivity index (χ2v) is 6.50. The van der Waals surface area contributed by atoms with Gasteiger partial charge in [0.25, 0.3) is 0 Å². The molecule has 23 heavy (non-hydrogen) atoms. The van der Waals surface area contributed by atoms with Gasteiger partial charge in [-0.15, -0.1) is 0 Å². The number of amides is 1. The highest BCUT2D eigenvalue weighted by atomic mass is 16.5. The highest BCUT2D eigenvalue weighted by Gasteiger charge is 2.26. The highest BCUT2D eigenvalue weighted by molar-refractivity contribution is 5.78. The minimum absolute atomic E-state index is 0.00174. The monoisotopic (exact) mass is 318 g/mol. The molecule has 1 amide bonds. The fourth-order valence-electron chi connectivity index (χ4n) is 2.73. The van der Waals surface area contributed by atoms with Gasteiger partial charge in [-0.25, -0.2) is 0 Å². The number of nitrogens with zero attached hydrogens (tertiary/aromatic N) is 2. The number of pyridine rings is 1. The van der Waals surface area contributed by atoms with Crippen LogP contribution in [0, 0.1) is 5.92 Å². The molecule has 126 valence electrons. The Hall–Kier alpha value is -1.46. The van der Waals surface area contributed by atoms with Crippen LogP contribution in [0.4, 0.5) is 0 Å². The molecule has 0 aromatic carbocycles. The Bertz CT molecular complexity index is 514. The third-order valence-electron chi connectivity index (χ3n) is 4.47. The number of carbonyl (C=O) groups is 1. The van der Waals surface area contributed by atoms with E-state index in [0.29, 0.717) is 32.7 Å². The summed E-state index contributed by atoms with van der Waals surface area (Å²) >= 11 is 0. The summed E-state index contributed by atoms with van der Waals surface area (Å²) in [5, 5.41) is 0. The van der Waals surface area contributed by atoms with Crippen LogP contribution in [-0.4, -0.2) is 54.8 Å². The van der Waals surface area contributed by atoms with Crippen LogP contribution in [0.3, 0.4) is 0 Å². The molecule has 1 aromatic heterocycles. The zero-order valence-corrected chi connectivity index (χ0v) is 13.9. The Balaban J connectivity index is 1.45. The van der Waals surface area contributed by atoms with Gasteiger partial charge in [-0.05, 0) is 36.8 Å². The van der Waals surface area contributed by atoms with Crippen LogP contribution < -0.4 is 0 Å². The quantitative estimate of drug-likeness (QED) is 0.770. The number of hydrogen-bond acceptors (Lipinski definition) is 4. The molecule has 0 radical (unpaired) electrons. The summed E-state index contributed by atoms with van der Waals surface area (Å²) in [6.07, 6.45) is 5.77. The number of aryl methyl sites for hydroxylation is 1. The summed E-state index contributed by atoms with van der Waals surface area (Å²) in [4.78, 5) is 18.7. The molecule has 2 aliphatic rings. The van der Waals surface area contributed by atoms with Crippen LogP contribution >= 0.6 is 0 Å². The van der Waals surface area contributed by atoms with Crippen molar-refractivity contribution >= 4 is 5.91 Å². The maximum atomic E-state index is 12.4. The largest absolute Gasteiger partial charge is 0.378 e. The van der Waals surface area contributed by atoms with Gasteiger partial charge in [0.15, 0.2) is 0 Å². The topological polar surface area (TPSA) is 51.7 Å². The van der Waals surface area contributed by atoms with Gasteiger partial charge >= 0.3 is 0 Å². The standard InChI is InChI=1S/C18H26N2O3/c1-2-14-5-6-16(19-10-14)9-18(21)20-7-8-23-17(11-20)13-22-12-15-3-4-15/h5-6,10,15,17H,2-4,7-9,11-13H2,1H3. The minimum atomic E-state index is 0.00174. The number of rotatable bonds is 7. The Labute approximate surface area is 138 Å². The average Bonchev–Trinajstić information content (AvgIpc) is 3.40. The Kier molecular flexibility index (Phi) is 5.62. The van der Waals surface area contributed by atoms with Crippen LogP contribution in [0.2, 0.25) is 0 Å². The first kappa shape index (κ1) is 16.4. The lowest BCUT2D eigenvalue weighted by atomic mass is 10.1. The summed E-state index contributed by atoms with van der Waals surface area (Å²) in [5.74, 6) is 0.880. The molecule has 5 nitrogen and oxygen atoms in total. The van der Waals surface area contributed by atoms with Gasteiger partial charge in [-0.2, -0.15) is 0 Å². The molecular formula is C18H26N2O3. The van der Waals surface area contributed by atoms with Crippen molar-refractivity contribution in [3.63, 3.8) is 0 Å². The van der Waals surface area contributed by atoms with Gasteiger partial charge in [0.2, 0.25) is 5.91 Å². The Morgan fingerprint density at radius 3 is 2.96 bits per heavy atom. The molecule has 1 saturated carbocycles. The summed E-state index contributed by atoms with van der Waals surface area (Å²) in [7, 11) is 0. The third kappa shape index (κ3) is 5.01. The van der Waals surface area contributed by atoms with Crippen molar-refractivity contribution < 1.29 is 14.3 Å². The number of carbonyl (C=O) groups excluding carboxylic acids is 1. The second-order valence-electron chi connectivity index (χ2n) is 6.50. The van der Waals surface area contributed by atoms with E-state index in [-0.39, 0.29) is 12.0 Å². The Morgan fingerprint density at radius 1 is 1.39 bits per heavy atom. The lowest BCUT2D eigenvalue weighted by Gasteiger charge is -2.32. The maximum absolute atomic E-state index is 12.4. The zero-order chi connectivity index (χ0) is 16.1. The molecular weight excluding hydrogens is 292 g/mol. The predicted octanol–water partition coefficient (Wildman–Crippen LogP) is 1.84. The average molecular weight is 318 g/mol. The molecule has 3 rings (SSSR count). The number of aromatic nitrogens is 1. The highest BCUT2D eigenvalue weighted by Crippen LogP contribution is 2.28. The number of hydrogen-bond donors (Lipinski definition) is 0. The van der Waals surface area contributed by atoms with Gasteiger partial charge in [-0.3, -0.25) is 9.78 Å². The molecule has 5 heteroatoms. The summed E-state index contributed by atoms with van der Waals surface area (Å²) in [5.41, 5.74) is 2.03. The molecule has 0 N–H and O–H groups in total. The first-order valence-electron chi connectivity index (χ1n) is 8.65. The lowest BCUT2D eigenvalue weighted by molar-refractivity contribution is -0.140. The van der Waals surface area contributed by atoms with Crippen LogP contribution in [0.1, 0.15) is 31.0 Å². The SMILES string of the molecule is CCc1ccc(CC(=O)N2CCOC(COCC3CC3)C2)nc1. The third-order valence-corrected chi connectivity index (χ3v) is 4.47. The number of ether oxygens (including phenoxy) is 2. The van der Waals surface area contributed by atoms with Gasteiger partial charge in [0, 0.05) is 31.6 Å². The molecule has 2 fully saturated rings. The molecule has 1 atom stereocenters. The normalized spacial score (nSPS) is 21.4. The maximum Gasteiger partial charge on any atom is 0.228 e. The smallest absolute Gasteiger partial charge is 0.228 e. The zero-order valence-electron chi connectivity index (χ0n) is 13.9. The van der Waals surface area contributed by atoms with E-state index >= 15 is 0 Å². The second kappa shape index (κ2) is 7.88. The predicted molar refractivity (Wildman–Crippen MR) is 87.2 cm³/mol. The van der Waals surface area contributed by atoms with Crippen LogP contribution in [-0.2, 0) is 27.1 Å². The van der Waals surface area contributed by atoms with Crippen molar-refractivity contribution in [3.05, 3.63) is 29.6 Å². The molecule has 0 spiro atoms. The van der Waals surface area contributed by atoms with Crippen LogP contribution in [0.5, 0.6) is 0 Å². The first-order chi connectivity index (χ1) is 11.2. The van der Waals surface area contributed by atoms with Crippen molar-refractivity contribution in [3.8, 4) is 0 Å². The van der Waals surface area contributed by atoms with Crippen molar-refractivity contribution in [2.75, 3.05) is 32.9 Å². The van der Waals surface area contributed by atoms with Gasteiger partial charge in [-0.1, -0.05) is 13.0 Å². The van der Waals surface area contributed by atoms with E-state index in [4.69, 9.17) is 9.47 Å². The molecule has 1 unspecified atom stereocenters. The van der Waals surface area contributed by atoms with E-state index in [1.807, 2.05) is 23.2 Å². The fraction of sp³-hybridized carbons (Fsp3) is 0.667. The van der Waals surface area contributed by atoms with E-state index in [9.17, 15) is 4.79 Å². The first-order valence-corrected chi connectivity index (χ1v) is 8.65. The van der Waals surface area contributed by atoms with Crippen LogP contribution in [0.25, 0.3) is 0 Å². The number of morpholine rings is 1. The van der Waals surface area contributed by atoms with Gasteiger partial charge < -0.3 is 14.4 Å². The summed E-state index contributed by atoms with van der Waals surface area (Å²) in [6.45, 7) is 5.39. The van der Waals surface area contributed by atoms with Crippen molar-refractivity contribution in [1.82, 2.24) is 9.88 Å². The van der Waals surface area contributed by atoms with E-state index in [1.165, 1.54) is 18.4 Å². The van der Waals surface area contributed by atoms with E-state index < -0.39 is 0 Å². The van der Waals surface area contributed by atoms with Gasteiger partial charge in [0.1, 0.15) is 0 Å². The molecule has 1 aromatic rings. The lowest BCUT2D eigenvalue weighted by Crippen LogP contribution is -2.47. The van der Waals surface area contributed by atoms with Crippen LogP contribution in [0.15, 0.2) is 18.3 Å². The van der Waals surface area contributed by atoms with Crippen molar-refractivity contribution in [2.24, 2.45) is 5.92 Å². The van der Waals surface area contributed by atoms with Gasteiger partial charge in [0.05, 0.1) is 25.7 Å². The summed E-state index contributed by atoms with van der Waals surface area (Å²) < 4.78 is 11.4.